The van der Waals surface area contributed by atoms with Crippen molar-refractivity contribution >= 4 is 23.0 Å². The van der Waals surface area contributed by atoms with Gasteiger partial charge in [-0.3, -0.25) is 20.2 Å². The van der Waals surface area contributed by atoms with Crippen molar-refractivity contribution in [2.75, 3.05) is 0 Å². The average Bonchev–Trinajstić information content (AvgIpc) is 2.46. The zero-order valence-electron chi connectivity index (χ0n) is 10.4. The molecule has 108 valence electrons. The topological polar surface area (TPSA) is 108 Å². The number of nitro benzene ring substituents is 2. The summed E-state index contributed by atoms with van der Waals surface area (Å²) in [5, 5.41) is 21.7. The van der Waals surface area contributed by atoms with Crippen LogP contribution >= 0.6 is 11.6 Å². The molecule has 0 bridgehead atoms. The highest BCUT2D eigenvalue weighted by Gasteiger charge is 2.19. The van der Waals surface area contributed by atoms with Gasteiger partial charge in [-0.25, -0.2) is 4.98 Å². The van der Waals surface area contributed by atoms with E-state index < -0.39 is 9.85 Å². The molecular weight excluding hydrogens is 302 g/mol. The first-order valence-electron chi connectivity index (χ1n) is 5.64. The van der Waals surface area contributed by atoms with Crippen LogP contribution < -0.4 is 4.74 Å². The van der Waals surface area contributed by atoms with Crippen LogP contribution in [0.4, 0.5) is 11.4 Å². The molecule has 2 rings (SSSR count). The lowest BCUT2D eigenvalue weighted by Crippen LogP contribution is -2.02. The van der Waals surface area contributed by atoms with Gasteiger partial charge < -0.3 is 4.74 Å². The number of halogens is 1. The van der Waals surface area contributed by atoms with Crippen molar-refractivity contribution in [2.24, 2.45) is 0 Å². The second-order valence-corrected chi connectivity index (χ2v) is 4.27. The number of rotatable bonds is 5. The van der Waals surface area contributed by atoms with E-state index in [-0.39, 0.29) is 34.4 Å². The Kier molecular flexibility index (Phi) is 4.29. The standard InChI is InChI=1S/C12H8ClN3O5/c13-12-11(2-1-5-14-12)21-7-8-3-4-9(15(17)18)6-10(8)16(19)20/h1-6H,7H2. The molecule has 1 heterocycles. The Hall–Kier alpha value is -2.74. The highest BCUT2D eigenvalue weighted by molar-refractivity contribution is 6.30. The van der Waals surface area contributed by atoms with Crippen LogP contribution in [0.2, 0.25) is 5.15 Å². The molecule has 0 atom stereocenters. The van der Waals surface area contributed by atoms with Crippen LogP contribution in [-0.2, 0) is 6.61 Å². The average molecular weight is 310 g/mol. The third-order valence-electron chi connectivity index (χ3n) is 2.58. The van der Waals surface area contributed by atoms with E-state index in [9.17, 15) is 20.2 Å². The smallest absolute Gasteiger partial charge is 0.282 e. The lowest BCUT2D eigenvalue weighted by Gasteiger charge is -2.07. The largest absolute Gasteiger partial charge is 0.485 e. The predicted octanol–water partition coefficient (Wildman–Crippen LogP) is 3.13. The van der Waals surface area contributed by atoms with Gasteiger partial charge in [0.15, 0.2) is 10.9 Å². The first kappa shape index (κ1) is 14.7. The van der Waals surface area contributed by atoms with Crippen LogP contribution in [0.1, 0.15) is 5.56 Å². The molecule has 21 heavy (non-hydrogen) atoms. The van der Waals surface area contributed by atoms with E-state index >= 15 is 0 Å². The minimum Gasteiger partial charge on any atom is -0.485 e. The number of non-ortho nitro benzene ring substituents is 1. The summed E-state index contributed by atoms with van der Waals surface area (Å²) in [6, 6.07) is 6.51. The molecule has 0 aliphatic carbocycles. The number of hydrogen-bond donors (Lipinski definition) is 0. The molecule has 9 heteroatoms. The maximum absolute atomic E-state index is 11.0. The van der Waals surface area contributed by atoms with Gasteiger partial charge in [-0.05, 0) is 18.2 Å². The summed E-state index contributed by atoms with van der Waals surface area (Å²) in [6.07, 6.45) is 1.48. The summed E-state index contributed by atoms with van der Waals surface area (Å²) in [5.41, 5.74) is -0.542. The highest BCUT2D eigenvalue weighted by Crippen LogP contribution is 2.27. The molecule has 8 nitrogen and oxygen atoms in total. The molecule has 2 aromatic rings. The van der Waals surface area contributed by atoms with E-state index in [0.717, 1.165) is 6.07 Å². The van der Waals surface area contributed by atoms with Crippen molar-refractivity contribution in [3.63, 3.8) is 0 Å². The molecule has 0 aliphatic heterocycles. The Balaban J connectivity index is 2.26. The molecule has 0 N–H and O–H groups in total. The SMILES string of the molecule is O=[N+]([O-])c1ccc(COc2cccnc2Cl)c([N+](=O)[O-])c1. The van der Waals surface area contributed by atoms with Crippen molar-refractivity contribution in [1.82, 2.24) is 4.98 Å². The molecular formula is C12H8ClN3O5. The summed E-state index contributed by atoms with van der Waals surface area (Å²) in [5.74, 6) is 0.270. The second-order valence-electron chi connectivity index (χ2n) is 3.91. The Morgan fingerprint density at radius 1 is 1.19 bits per heavy atom. The van der Waals surface area contributed by atoms with Crippen LogP contribution in [0.3, 0.4) is 0 Å². The van der Waals surface area contributed by atoms with Crippen LogP contribution in [0.25, 0.3) is 0 Å². The minimum absolute atomic E-state index is 0.127. The monoisotopic (exact) mass is 309 g/mol. The lowest BCUT2D eigenvalue weighted by molar-refractivity contribution is -0.394. The van der Waals surface area contributed by atoms with E-state index in [1.807, 2.05) is 0 Å². The second kappa shape index (κ2) is 6.14. The van der Waals surface area contributed by atoms with Gasteiger partial charge in [0.2, 0.25) is 0 Å². The first-order chi connectivity index (χ1) is 9.99. The Labute approximate surface area is 123 Å². The Morgan fingerprint density at radius 3 is 2.57 bits per heavy atom. The van der Waals surface area contributed by atoms with Gasteiger partial charge in [0.05, 0.1) is 21.5 Å². The fraction of sp³-hybridized carbons (Fsp3) is 0.0833. The molecule has 0 saturated carbocycles. The van der Waals surface area contributed by atoms with Crippen molar-refractivity contribution in [1.29, 1.82) is 0 Å². The fourth-order valence-electron chi connectivity index (χ4n) is 1.59. The number of nitrogens with zero attached hydrogens (tertiary/aromatic N) is 3. The number of aromatic nitrogens is 1. The molecule has 0 aliphatic rings. The fourth-order valence-corrected chi connectivity index (χ4v) is 1.77. The summed E-state index contributed by atoms with van der Waals surface area (Å²) in [7, 11) is 0. The molecule has 0 radical (unpaired) electrons. The predicted molar refractivity (Wildman–Crippen MR) is 73.3 cm³/mol. The van der Waals surface area contributed by atoms with Crippen molar-refractivity contribution in [3.8, 4) is 5.75 Å². The number of hydrogen-bond acceptors (Lipinski definition) is 6. The number of pyridine rings is 1. The normalized spacial score (nSPS) is 10.1. The molecule has 0 amide bonds. The zero-order valence-corrected chi connectivity index (χ0v) is 11.2. The lowest BCUT2D eigenvalue weighted by atomic mass is 10.1. The Bertz CT molecular complexity index is 707. The van der Waals surface area contributed by atoms with Gasteiger partial charge in [0.25, 0.3) is 11.4 Å². The number of ether oxygens (including phenoxy) is 1. The zero-order chi connectivity index (χ0) is 15.4. The quantitative estimate of drug-likeness (QED) is 0.477. The molecule has 1 aromatic heterocycles. The highest BCUT2D eigenvalue weighted by atomic mass is 35.5. The van der Waals surface area contributed by atoms with Gasteiger partial charge in [-0.2, -0.15) is 0 Å². The van der Waals surface area contributed by atoms with Gasteiger partial charge in [0, 0.05) is 12.3 Å². The van der Waals surface area contributed by atoms with Crippen molar-refractivity contribution in [3.05, 3.63) is 67.5 Å². The van der Waals surface area contributed by atoms with Crippen LogP contribution in [0.5, 0.6) is 5.75 Å². The van der Waals surface area contributed by atoms with Gasteiger partial charge in [-0.15, -0.1) is 0 Å². The van der Waals surface area contributed by atoms with Gasteiger partial charge in [-0.1, -0.05) is 11.6 Å². The van der Waals surface area contributed by atoms with E-state index in [4.69, 9.17) is 16.3 Å². The third kappa shape index (κ3) is 3.42. The Morgan fingerprint density at radius 2 is 1.95 bits per heavy atom. The minimum atomic E-state index is -0.699. The van der Waals surface area contributed by atoms with E-state index in [1.54, 1.807) is 12.1 Å². The summed E-state index contributed by atoms with van der Waals surface area (Å²) < 4.78 is 5.35. The van der Waals surface area contributed by atoms with Crippen LogP contribution in [-0.4, -0.2) is 14.8 Å². The number of nitro groups is 2. The summed E-state index contributed by atoms with van der Waals surface area (Å²) >= 11 is 5.80. The molecule has 0 spiro atoms. The van der Waals surface area contributed by atoms with Crippen LogP contribution in [0, 0.1) is 20.2 Å². The van der Waals surface area contributed by atoms with Gasteiger partial charge >= 0.3 is 0 Å². The molecule has 0 fully saturated rings. The maximum atomic E-state index is 11.0. The maximum Gasteiger partial charge on any atom is 0.282 e. The van der Waals surface area contributed by atoms with Crippen molar-refractivity contribution in [2.45, 2.75) is 6.61 Å². The third-order valence-corrected chi connectivity index (χ3v) is 2.87. The van der Waals surface area contributed by atoms with Crippen LogP contribution in [0.15, 0.2) is 36.5 Å². The van der Waals surface area contributed by atoms with E-state index in [2.05, 4.69) is 4.98 Å². The number of benzene rings is 1. The molecule has 1 aromatic carbocycles. The van der Waals surface area contributed by atoms with E-state index in [1.165, 1.54) is 18.3 Å². The van der Waals surface area contributed by atoms with E-state index in [0.29, 0.717) is 0 Å². The van der Waals surface area contributed by atoms with Crippen molar-refractivity contribution < 1.29 is 14.6 Å². The van der Waals surface area contributed by atoms with Gasteiger partial charge in [0.1, 0.15) is 6.61 Å². The molecule has 0 unspecified atom stereocenters. The summed E-state index contributed by atoms with van der Waals surface area (Å²) in [4.78, 5) is 24.0. The molecule has 0 saturated heterocycles. The first-order valence-corrected chi connectivity index (χ1v) is 6.02. The summed E-state index contributed by atoms with van der Waals surface area (Å²) in [6.45, 7) is -0.153.